The molecule has 0 spiro atoms. The first kappa shape index (κ1) is 46.5. The fraction of sp³-hybridized carbons (Fsp3) is 0.333. The average molecular weight is 778 g/mol. The van der Waals surface area contributed by atoms with Gasteiger partial charge in [-0.3, -0.25) is 4.90 Å². The van der Waals surface area contributed by atoms with Crippen LogP contribution in [0.4, 0.5) is 5.69 Å². The number of hydrogen-bond acceptors (Lipinski definition) is 6. The third kappa shape index (κ3) is 13.7. The summed E-state index contributed by atoms with van der Waals surface area (Å²) in [4.78, 5) is 9.18. The Morgan fingerprint density at radius 2 is 1.71 bits per heavy atom. The maximum Gasteiger partial charge on any atom is 0.0950 e. The van der Waals surface area contributed by atoms with E-state index in [1.807, 2.05) is 50.8 Å². The molecule has 0 aliphatic rings. The smallest absolute Gasteiger partial charge is 0.0950 e. The summed E-state index contributed by atoms with van der Waals surface area (Å²) in [5.74, 6) is 6.50. The number of rotatable bonds is 23. The lowest BCUT2D eigenvalue weighted by Gasteiger charge is -2.30. The molecule has 58 heavy (non-hydrogen) atoms. The molecular formula is C51H67N7. The van der Waals surface area contributed by atoms with E-state index >= 15 is 0 Å². The van der Waals surface area contributed by atoms with Gasteiger partial charge in [-0.25, -0.2) is 4.98 Å². The highest BCUT2D eigenvalue weighted by Crippen LogP contribution is 2.33. The third-order valence-corrected chi connectivity index (χ3v) is 10.6. The predicted octanol–water partition coefficient (Wildman–Crippen LogP) is 11.6. The number of benzene rings is 2. The number of likely N-dealkylation sites (N-methyl/N-ethyl adjacent to an activating group) is 1. The molecule has 306 valence electrons. The minimum absolute atomic E-state index is 0.264. The Bertz CT molecular complexity index is 2090. The van der Waals surface area contributed by atoms with E-state index in [0.717, 1.165) is 107 Å². The molecule has 0 saturated heterocycles. The van der Waals surface area contributed by atoms with E-state index in [1.165, 1.54) is 17.4 Å². The van der Waals surface area contributed by atoms with Crippen LogP contribution in [0.15, 0.2) is 145 Å². The summed E-state index contributed by atoms with van der Waals surface area (Å²) in [6.07, 6.45) is 12.7. The molecule has 7 nitrogen and oxygen atoms in total. The van der Waals surface area contributed by atoms with Gasteiger partial charge in [-0.15, -0.1) is 6.58 Å². The molecule has 1 atom stereocenters. The van der Waals surface area contributed by atoms with Gasteiger partial charge in [0.05, 0.1) is 24.1 Å². The van der Waals surface area contributed by atoms with Crippen LogP contribution in [0.25, 0.3) is 11.6 Å². The van der Waals surface area contributed by atoms with Crippen molar-refractivity contribution in [2.75, 3.05) is 26.0 Å². The Morgan fingerprint density at radius 1 is 0.983 bits per heavy atom. The molecule has 0 fully saturated rings. The molecule has 0 aliphatic heterocycles. The Morgan fingerprint density at radius 3 is 2.34 bits per heavy atom. The Hall–Kier alpha value is -5.84. The second-order valence-electron chi connectivity index (χ2n) is 15.1. The lowest BCUT2D eigenvalue weighted by atomic mass is 9.90. The summed E-state index contributed by atoms with van der Waals surface area (Å²) >= 11 is 0. The van der Waals surface area contributed by atoms with Gasteiger partial charge in [0, 0.05) is 79.6 Å². The van der Waals surface area contributed by atoms with Crippen LogP contribution in [0.1, 0.15) is 89.6 Å². The molecule has 7 heteroatoms. The summed E-state index contributed by atoms with van der Waals surface area (Å²) in [6, 6.07) is 16.8. The highest BCUT2D eigenvalue weighted by Gasteiger charge is 2.19. The standard InChI is InChI=1S/C51H67N7/c1-14-40(8)57(13)43(11)51(42(10)46-21-17-16-18-22-46)41(9)39(7)26-27-44(31-52)32-53-29-20-30-58-34-47(55-36-58)33-54-49-24-19-23-45(15-2)48(49)35-56(12)50(38(5)6)28-25-37(3)4/h15-19,21-24,31-32,34,36,50,52-54H,2-3,5,8,10,14,20,25,28-30,33,35H2,1,4,6-7,9,11-13H3/b41-39+,44-32-,51-43-,52-31?. The van der Waals surface area contributed by atoms with Gasteiger partial charge in [0.2, 0.25) is 0 Å². The van der Waals surface area contributed by atoms with Crippen LogP contribution in [0.3, 0.4) is 0 Å². The van der Waals surface area contributed by atoms with Gasteiger partial charge in [0.25, 0.3) is 0 Å². The Balaban J connectivity index is 1.63. The zero-order valence-electron chi connectivity index (χ0n) is 36.6. The molecular weight excluding hydrogens is 711 g/mol. The SMILES string of the molecule is C=Cc1cccc(NCc2cn(CCCN/C=C(/C#C/C(C)=C(C)/C(C(=C)c3ccccc3)=C(\C)N(C)C(=C)CC)C=N)cn2)c1CN(C)C(CCC(=C)C)C(=C)C. The van der Waals surface area contributed by atoms with E-state index in [-0.39, 0.29) is 6.04 Å². The Labute approximate surface area is 350 Å². The molecule has 2 aromatic carbocycles. The van der Waals surface area contributed by atoms with Gasteiger partial charge in [0.1, 0.15) is 0 Å². The minimum Gasteiger partial charge on any atom is -0.390 e. The maximum absolute atomic E-state index is 8.00. The van der Waals surface area contributed by atoms with Crippen molar-refractivity contribution in [2.45, 2.75) is 92.9 Å². The monoisotopic (exact) mass is 778 g/mol. The number of anilines is 1. The molecule has 0 bridgehead atoms. The first-order valence-corrected chi connectivity index (χ1v) is 20.2. The molecule has 1 heterocycles. The summed E-state index contributed by atoms with van der Waals surface area (Å²) in [6.45, 7) is 36.7. The van der Waals surface area contributed by atoms with Gasteiger partial charge in [-0.2, -0.15) is 0 Å². The molecule has 0 aliphatic carbocycles. The van der Waals surface area contributed by atoms with Crippen molar-refractivity contribution >= 4 is 23.6 Å². The van der Waals surface area contributed by atoms with E-state index in [1.54, 1.807) is 0 Å². The summed E-state index contributed by atoms with van der Waals surface area (Å²) in [7, 11) is 4.21. The molecule has 3 N–H and O–H groups in total. The molecule has 1 unspecified atom stereocenters. The summed E-state index contributed by atoms with van der Waals surface area (Å²) in [5, 5.41) is 15.0. The van der Waals surface area contributed by atoms with Gasteiger partial charge in [-0.1, -0.05) is 105 Å². The van der Waals surface area contributed by atoms with Crippen molar-refractivity contribution in [1.29, 1.82) is 5.41 Å². The highest BCUT2D eigenvalue weighted by molar-refractivity contribution is 5.84. The number of aromatic nitrogens is 2. The Kier molecular flexibility index (Phi) is 18.8. The second kappa shape index (κ2) is 23.4. The largest absolute Gasteiger partial charge is 0.390 e. The van der Waals surface area contributed by atoms with Crippen molar-refractivity contribution in [1.82, 2.24) is 24.7 Å². The molecule has 1 aromatic heterocycles. The number of aryl methyl sites for hydroxylation is 1. The van der Waals surface area contributed by atoms with Crippen molar-refractivity contribution < 1.29 is 0 Å². The van der Waals surface area contributed by atoms with Crippen LogP contribution in [0.2, 0.25) is 0 Å². The lowest BCUT2D eigenvalue weighted by molar-refractivity contribution is 0.252. The van der Waals surface area contributed by atoms with E-state index in [9.17, 15) is 0 Å². The van der Waals surface area contributed by atoms with Crippen LogP contribution in [-0.2, 0) is 19.6 Å². The van der Waals surface area contributed by atoms with Gasteiger partial charge < -0.3 is 25.5 Å². The van der Waals surface area contributed by atoms with E-state index in [0.29, 0.717) is 12.1 Å². The lowest BCUT2D eigenvalue weighted by Crippen LogP contribution is -2.32. The predicted molar refractivity (Wildman–Crippen MR) is 251 cm³/mol. The van der Waals surface area contributed by atoms with Crippen LogP contribution in [0.5, 0.6) is 0 Å². The van der Waals surface area contributed by atoms with Gasteiger partial charge in [0.15, 0.2) is 0 Å². The van der Waals surface area contributed by atoms with Crippen LogP contribution >= 0.6 is 0 Å². The normalized spacial score (nSPS) is 12.7. The molecule has 0 radical (unpaired) electrons. The van der Waals surface area contributed by atoms with Crippen molar-refractivity contribution in [3.8, 4) is 11.8 Å². The first-order chi connectivity index (χ1) is 27.7. The number of nitrogens with one attached hydrogen (secondary N) is 3. The van der Waals surface area contributed by atoms with E-state index in [2.05, 4.69) is 153 Å². The van der Waals surface area contributed by atoms with Crippen LogP contribution in [0, 0.1) is 17.3 Å². The zero-order chi connectivity index (χ0) is 42.8. The van der Waals surface area contributed by atoms with E-state index in [4.69, 9.17) is 5.41 Å². The van der Waals surface area contributed by atoms with Crippen LogP contribution in [-0.4, -0.2) is 52.2 Å². The topological polar surface area (TPSA) is 72.2 Å². The molecule has 0 saturated carbocycles. The number of imidazole rings is 1. The fourth-order valence-corrected chi connectivity index (χ4v) is 6.78. The maximum atomic E-state index is 8.00. The van der Waals surface area contributed by atoms with Gasteiger partial charge in [-0.05, 0) is 101 Å². The molecule has 3 aromatic rings. The number of hydrogen-bond donors (Lipinski definition) is 3. The molecule has 0 amide bonds. The fourth-order valence-electron chi connectivity index (χ4n) is 6.78. The van der Waals surface area contributed by atoms with Crippen molar-refractivity contribution in [3.05, 3.63) is 167 Å². The minimum atomic E-state index is 0.264. The molecule has 3 rings (SSSR count). The quantitative estimate of drug-likeness (QED) is 0.0294. The number of allylic oxidation sites excluding steroid dienone is 8. The van der Waals surface area contributed by atoms with Crippen molar-refractivity contribution in [3.63, 3.8) is 0 Å². The van der Waals surface area contributed by atoms with Crippen molar-refractivity contribution in [2.24, 2.45) is 0 Å². The van der Waals surface area contributed by atoms with Gasteiger partial charge >= 0.3 is 0 Å². The third-order valence-electron chi connectivity index (χ3n) is 10.6. The summed E-state index contributed by atoms with van der Waals surface area (Å²) in [5.41, 5.74) is 14.4. The second-order valence-corrected chi connectivity index (χ2v) is 15.1. The zero-order valence-corrected chi connectivity index (χ0v) is 36.6. The number of nitrogens with zero attached hydrogens (tertiary/aromatic N) is 4. The first-order valence-electron chi connectivity index (χ1n) is 20.2. The summed E-state index contributed by atoms with van der Waals surface area (Å²) < 4.78 is 2.12. The average Bonchev–Trinajstić information content (AvgIpc) is 3.68. The highest BCUT2D eigenvalue weighted by atomic mass is 15.1. The van der Waals surface area contributed by atoms with Crippen LogP contribution < -0.4 is 10.6 Å². The van der Waals surface area contributed by atoms with E-state index < -0.39 is 0 Å².